The second kappa shape index (κ2) is 8.89. The Hall–Kier alpha value is -1.80. The van der Waals surface area contributed by atoms with E-state index in [0.717, 1.165) is 0 Å². The summed E-state index contributed by atoms with van der Waals surface area (Å²) in [4.78, 5) is 21.1. The molecule has 0 saturated carbocycles. The number of benzene rings is 2. The normalized spacial score (nSPS) is 9.75. The summed E-state index contributed by atoms with van der Waals surface area (Å²) in [6.45, 7) is 1.96. The van der Waals surface area contributed by atoms with E-state index in [1.165, 1.54) is 36.4 Å². The Morgan fingerprint density at radius 3 is 2.46 bits per heavy atom. The van der Waals surface area contributed by atoms with E-state index in [9.17, 15) is 20.0 Å². The third kappa shape index (κ3) is 4.85. The Balaban J connectivity index is 0.00000288. The largest absolute Gasteiger partial charge is 1.00 e. The van der Waals surface area contributed by atoms with Gasteiger partial charge in [0, 0.05) is 12.1 Å². The molecule has 0 aliphatic rings. The van der Waals surface area contributed by atoms with Crippen molar-refractivity contribution in [2.45, 2.75) is 6.92 Å². The van der Waals surface area contributed by atoms with E-state index in [-0.39, 0.29) is 69.7 Å². The summed E-state index contributed by atoms with van der Waals surface area (Å²) in [5.74, 6) is -0.819. The van der Waals surface area contributed by atoms with Crippen molar-refractivity contribution in [3.05, 3.63) is 57.1 Å². The molecule has 24 heavy (non-hydrogen) atoms. The van der Waals surface area contributed by atoms with Gasteiger partial charge >= 0.3 is 35.2 Å². The van der Waals surface area contributed by atoms with Gasteiger partial charge in [-0.3, -0.25) is 10.1 Å². The summed E-state index contributed by atoms with van der Waals surface area (Å²) < 4.78 is 10.7. The Morgan fingerprint density at radius 2 is 1.92 bits per heavy atom. The third-order valence-corrected chi connectivity index (χ3v) is 3.12. The van der Waals surface area contributed by atoms with Crippen molar-refractivity contribution in [1.29, 1.82) is 0 Å². The van der Waals surface area contributed by atoms with Gasteiger partial charge in [-0.1, -0.05) is 11.6 Å². The molecule has 0 fully saturated rings. The van der Waals surface area contributed by atoms with E-state index in [0.29, 0.717) is 0 Å². The minimum atomic E-state index is -1.35. The van der Waals surface area contributed by atoms with Crippen molar-refractivity contribution >= 4 is 23.3 Å². The van der Waals surface area contributed by atoms with Gasteiger partial charge in [0.05, 0.1) is 22.5 Å². The standard InChI is InChI=1S/C15H12ClNO6.Na/c1-2-22-14-8-10(4-5-12(14)17(20)21)23-13-6-3-9(15(18)19)7-11(13)16;/h3-8H,2H2,1H3,(H,18,19);/q;+1/p-1. The number of carbonyl (C=O) groups is 1. The number of hydrogen-bond acceptors (Lipinski definition) is 6. The molecule has 0 unspecified atom stereocenters. The van der Waals surface area contributed by atoms with Gasteiger partial charge in [-0.25, -0.2) is 0 Å². The number of halogens is 1. The average molecular weight is 360 g/mol. The Morgan fingerprint density at radius 1 is 1.21 bits per heavy atom. The van der Waals surface area contributed by atoms with Crippen molar-refractivity contribution in [1.82, 2.24) is 0 Å². The number of carbonyl (C=O) groups excluding carboxylic acids is 1. The summed E-state index contributed by atoms with van der Waals surface area (Å²) in [7, 11) is 0. The molecule has 0 saturated heterocycles. The summed E-state index contributed by atoms with van der Waals surface area (Å²) in [5.41, 5.74) is -0.265. The first-order valence-corrected chi connectivity index (χ1v) is 6.90. The zero-order valence-electron chi connectivity index (χ0n) is 12.9. The molecule has 0 atom stereocenters. The van der Waals surface area contributed by atoms with Gasteiger partial charge in [-0.2, -0.15) is 0 Å². The fourth-order valence-electron chi connectivity index (χ4n) is 1.82. The van der Waals surface area contributed by atoms with Gasteiger partial charge in [-0.15, -0.1) is 0 Å². The quantitative estimate of drug-likeness (QED) is 0.402. The minimum Gasteiger partial charge on any atom is -0.545 e. The van der Waals surface area contributed by atoms with Gasteiger partial charge in [0.1, 0.15) is 11.5 Å². The molecule has 9 heteroatoms. The number of rotatable bonds is 6. The van der Waals surface area contributed by atoms with Crippen LogP contribution >= 0.6 is 11.6 Å². The van der Waals surface area contributed by atoms with Gasteiger partial charge in [0.2, 0.25) is 5.75 Å². The summed E-state index contributed by atoms with van der Waals surface area (Å²) in [5, 5.41) is 21.7. The van der Waals surface area contributed by atoms with Crippen LogP contribution in [0.5, 0.6) is 17.2 Å². The van der Waals surface area contributed by atoms with Crippen LogP contribution in [0.3, 0.4) is 0 Å². The topological polar surface area (TPSA) is 102 Å². The van der Waals surface area contributed by atoms with Crippen molar-refractivity contribution in [3.8, 4) is 17.2 Å². The van der Waals surface area contributed by atoms with Crippen LogP contribution in [0.1, 0.15) is 17.3 Å². The van der Waals surface area contributed by atoms with Gasteiger partial charge in [0.25, 0.3) is 0 Å². The molecule has 0 aromatic heterocycles. The molecule has 0 spiro atoms. The molecule has 2 aromatic carbocycles. The first-order chi connectivity index (χ1) is 10.9. The Labute approximate surface area is 164 Å². The van der Waals surface area contributed by atoms with E-state index in [1.54, 1.807) is 6.92 Å². The maximum atomic E-state index is 10.9. The average Bonchev–Trinajstić information content (AvgIpc) is 2.49. The smallest absolute Gasteiger partial charge is 0.545 e. The van der Waals surface area contributed by atoms with Crippen LogP contribution in [0.15, 0.2) is 36.4 Å². The number of ether oxygens (including phenoxy) is 2. The van der Waals surface area contributed by atoms with Crippen LogP contribution in [-0.4, -0.2) is 17.5 Å². The summed E-state index contributed by atoms with van der Waals surface area (Å²) in [6, 6.07) is 7.86. The molecule has 0 heterocycles. The molecular weight excluding hydrogens is 349 g/mol. The molecular formula is C15H11ClNNaO6. The van der Waals surface area contributed by atoms with Gasteiger partial charge in [-0.05, 0) is 36.8 Å². The molecule has 120 valence electrons. The number of nitro groups is 1. The fraction of sp³-hybridized carbons (Fsp3) is 0.133. The molecule has 0 aliphatic carbocycles. The molecule has 7 nitrogen and oxygen atoms in total. The number of nitrogens with zero attached hydrogens (tertiary/aromatic N) is 1. The van der Waals surface area contributed by atoms with Crippen LogP contribution in [0.25, 0.3) is 0 Å². The van der Waals surface area contributed by atoms with E-state index in [4.69, 9.17) is 21.1 Å². The molecule has 0 aliphatic heterocycles. The first-order valence-electron chi connectivity index (χ1n) is 6.52. The maximum absolute atomic E-state index is 10.9. The number of carboxylic acid groups (broad SMARTS) is 1. The second-order valence-corrected chi connectivity index (χ2v) is 4.76. The molecule has 2 aromatic rings. The van der Waals surface area contributed by atoms with Gasteiger partial charge < -0.3 is 19.4 Å². The third-order valence-electron chi connectivity index (χ3n) is 2.82. The number of carboxylic acids is 1. The second-order valence-electron chi connectivity index (χ2n) is 4.35. The van der Waals surface area contributed by atoms with Crippen LogP contribution in [0.4, 0.5) is 5.69 Å². The van der Waals surface area contributed by atoms with Crippen LogP contribution in [-0.2, 0) is 0 Å². The number of aromatic carboxylic acids is 1. The van der Waals surface area contributed by atoms with E-state index in [1.807, 2.05) is 0 Å². The molecule has 2 rings (SSSR count). The van der Waals surface area contributed by atoms with Crippen LogP contribution in [0, 0.1) is 10.1 Å². The summed E-state index contributed by atoms with van der Waals surface area (Å²) >= 11 is 5.95. The van der Waals surface area contributed by atoms with E-state index < -0.39 is 10.9 Å². The fourth-order valence-corrected chi connectivity index (χ4v) is 2.04. The zero-order valence-corrected chi connectivity index (χ0v) is 15.7. The van der Waals surface area contributed by atoms with Crippen LogP contribution < -0.4 is 44.1 Å². The summed E-state index contributed by atoms with van der Waals surface area (Å²) in [6.07, 6.45) is 0. The SMILES string of the molecule is CCOc1cc(Oc2ccc(C(=O)[O-])cc2Cl)ccc1[N+](=O)[O-].[Na+]. The molecule has 0 radical (unpaired) electrons. The number of nitro benzene ring substituents is 1. The van der Waals surface area contributed by atoms with Crippen molar-refractivity contribution in [2.75, 3.05) is 6.61 Å². The van der Waals surface area contributed by atoms with Gasteiger partial charge in [0.15, 0.2) is 0 Å². The predicted molar refractivity (Wildman–Crippen MR) is 80.1 cm³/mol. The monoisotopic (exact) mass is 359 g/mol. The van der Waals surface area contributed by atoms with E-state index in [2.05, 4.69) is 0 Å². The van der Waals surface area contributed by atoms with Crippen molar-refractivity contribution in [3.63, 3.8) is 0 Å². The van der Waals surface area contributed by atoms with Crippen molar-refractivity contribution < 1.29 is 53.9 Å². The molecule has 0 bridgehead atoms. The predicted octanol–water partition coefficient (Wildman–Crippen LogP) is -0.193. The van der Waals surface area contributed by atoms with E-state index >= 15 is 0 Å². The zero-order chi connectivity index (χ0) is 17.0. The van der Waals surface area contributed by atoms with Crippen LogP contribution in [0.2, 0.25) is 5.02 Å². The number of hydrogen-bond donors (Lipinski definition) is 0. The maximum Gasteiger partial charge on any atom is 1.00 e. The Bertz CT molecular complexity index is 768. The molecule has 0 N–H and O–H groups in total. The van der Waals surface area contributed by atoms with Crippen molar-refractivity contribution in [2.24, 2.45) is 0 Å². The Kier molecular flexibility index (Phi) is 7.50. The first kappa shape index (κ1) is 20.2. The molecule has 0 amide bonds. The minimum absolute atomic E-state index is 0.